The first-order valence-electron chi connectivity index (χ1n) is 9.64. The van der Waals surface area contributed by atoms with Crippen LogP contribution in [0.25, 0.3) is 15.3 Å². The van der Waals surface area contributed by atoms with Crippen LogP contribution in [0.4, 0.5) is 14.9 Å². The molecule has 2 heterocycles. The summed E-state index contributed by atoms with van der Waals surface area (Å²) in [5, 5.41) is 4.65. The number of carbonyl (C=O) groups is 2. The van der Waals surface area contributed by atoms with E-state index in [0.717, 1.165) is 16.3 Å². The van der Waals surface area contributed by atoms with Crippen LogP contribution in [0.15, 0.2) is 67.0 Å². The second kappa shape index (κ2) is 8.85. The molecule has 1 aliphatic heterocycles. The Kier molecular flexibility index (Phi) is 5.99. The lowest BCUT2D eigenvalue weighted by Crippen LogP contribution is -2.40. The van der Waals surface area contributed by atoms with Gasteiger partial charge in [-0.15, -0.1) is 0 Å². The summed E-state index contributed by atoms with van der Waals surface area (Å²) in [5.41, 5.74) is 1.21. The van der Waals surface area contributed by atoms with Gasteiger partial charge in [0.25, 0.3) is 0 Å². The lowest BCUT2D eigenvalue weighted by atomic mass is 10.0. The number of aromatic nitrogens is 1. The van der Waals surface area contributed by atoms with Crippen molar-refractivity contribution < 1.29 is 18.7 Å². The van der Waals surface area contributed by atoms with Crippen molar-refractivity contribution in [3.63, 3.8) is 0 Å². The molecule has 3 aromatic rings. The van der Waals surface area contributed by atoms with Gasteiger partial charge in [-0.25, -0.2) is 9.18 Å². The number of benzene rings is 2. The summed E-state index contributed by atoms with van der Waals surface area (Å²) in [6.45, 7) is 1.52. The number of pyridine rings is 1. The maximum absolute atomic E-state index is 13.9. The highest BCUT2D eigenvalue weighted by atomic mass is 79.9. The zero-order chi connectivity index (χ0) is 22.0. The van der Waals surface area contributed by atoms with Gasteiger partial charge in [0.05, 0.1) is 18.3 Å². The molecule has 1 fully saturated rings. The SMILES string of the molecule is CC(=O)NCC1OC(=O)N(c2cccc(F)c2)C1C=C(Br)c1cncc2ccccc12. The molecule has 2 aromatic carbocycles. The number of amides is 2. The van der Waals surface area contributed by atoms with Crippen LogP contribution in [-0.2, 0) is 9.53 Å². The van der Waals surface area contributed by atoms with Crippen LogP contribution < -0.4 is 10.2 Å². The standard InChI is InChI=1S/C23H19BrFN3O3/c1-14(29)27-13-22-21(28(23(30)31-22)17-7-4-6-16(25)9-17)10-20(24)19-12-26-11-15-5-2-3-8-18(15)19/h2-12,21-22H,13H2,1H3,(H,27,29). The van der Waals surface area contributed by atoms with Crippen molar-refractivity contribution >= 4 is 48.9 Å². The normalized spacial score (nSPS) is 18.9. The highest BCUT2D eigenvalue weighted by Gasteiger charge is 2.41. The molecule has 0 spiro atoms. The number of anilines is 1. The maximum atomic E-state index is 13.9. The van der Waals surface area contributed by atoms with Gasteiger partial charge in [0.15, 0.2) is 0 Å². The Bertz CT molecular complexity index is 1180. The highest BCUT2D eigenvalue weighted by molar-refractivity contribution is 9.15. The Morgan fingerprint density at radius 3 is 2.84 bits per heavy atom. The van der Waals surface area contributed by atoms with Gasteiger partial charge in [0, 0.05) is 34.7 Å². The minimum absolute atomic E-state index is 0.127. The van der Waals surface area contributed by atoms with E-state index in [4.69, 9.17) is 4.74 Å². The Morgan fingerprint density at radius 1 is 1.26 bits per heavy atom. The lowest BCUT2D eigenvalue weighted by molar-refractivity contribution is -0.119. The van der Waals surface area contributed by atoms with Gasteiger partial charge in [-0.05, 0) is 29.7 Å². The van der Waals surface area contributed by atoms with E-state index >= 15 is 0 Å². The van der Waals surface area contributed by atoms with Crippen molar-refractivity contribution in [3.8, 4) is 0 Å². The average molecular weight is 484 g/mol. The first-order valence-corrected chi connectivity index (χ1v) is 10.4. The smallest absolute Gasteiger partial charge is 0.415 e. The number of carbonyl (C=O) groups excluding carboxylic acids is 2. The van der Waals surface area contributed by atoms with Crippen molar-refractivity contribution in [3.05, 3.63) is 78.4 Å². The fraction of sp³-hybridized carbons (Fsp3) is 0.174. The number of rotatable bonds is 5. The van der Waals surface area contributed by atoms with E-state index in [0.29, 0.717) is 10.2 Å². The lowest BCUT2D eigenvalue weighted by Gasteiger charge is -2.23. The third kappa shape index (κ3) is 4.44. The largest absolute Gasteiger partial charge is 0.441 e. The molecule has 31 heavy (non-hydrogen) atoms. The van der Waals surface area contributed by atoms with E-state index in [2.05, 4.69) is 26.2 Å². The summed E-state index contributed by atoms with van der Waals surface area (Å²) in [7, 11) is 0. The minimum Gasteiger partial charge on any atom is -0.441 e. The molecule has 158 valence electrons. The summed E-state index contributed by atoms with van der Waals surface area (Å²) >= 11 is 3.63. The van der Waals surface area contributed by atoms with E-state index in [9.17, 15) is 14.0 Å². The van der Waals surface area contributed by atoms with Crippen LogP contribution in [0.2, 0.25) is 0 Å². The molecule has 6 nitrogen and oxygen atoms in total. The maximum Gasteiger partial charge on any atom is 0.415 e. The summed E-state index contributed by atoms with van der Waals surface area (Å²) in [6, 6.07) is 13.0. The van der Waals surface area contributed by atoms with Crippen LogP contribution in [0, 0.1) is 5.82 Å². The first kappa shape index (κ1) is 21.0. The van der Waals surface area contributed by atoms with E-state index in [1.165, 1.54) is 30.0 Å². The number of cyclic esters (lactones) is 1. The second-order valence-electron chi connectivity index (χ2n) is 7.12. The second-order valence-corrected chi connectivity index (χ2v) is 7.98. The van der Waals surface area contributed by atoms with E-state index < -0.39 is 24.1 Å². The number of hydrogen-bond acceptors (Lipinski definition) is 4. The molecule has 1 aromatic heterocycles. The zero-order valence-electron chi connectivity index (χ0n) is 16.6. The van der Waals surface area contributed by atoms with Gasteiger partial charge in [0.1, 0.15) is 11.9 Å². The fourth-order valence-electron chi connectivity index (χ4n) is 3.58. The molecule has 0 bridgehead atoms. The monoisotopic (exact) mass is 483 g/mol. The molecular weight excluding hydrogens is 465 g/mol. The molecule has 2 unspecified atom stereocenters. The average Bonchev–Trinajstić information content (AvgIpc) is 3.06. The molecule has 8 heteroatoms. The number of ether oxygens (including phenoxy) is 1. The predicted molar refractivity (Wildman–Crippen MR) is 120 cm³/mol. The summed E-state index contributed by atoms with van der Waals surface area (Å²) in [5.74, 6) is -0.698. The van der Waals surface area contributed by atoms with Gasteiger partial charge in [0.2, 0.25) is 5.91 Å². The molecule has 0 radical (unpaired) electrons. The summed E-state index contributed by atoms with van der Waals surface area (Å²) < 4.78 is 20.1. The third-order valence-electron chi connectivity index (χ3n) is 5.01. The van der Waals surface area contributed by atoms with E-state index in [1.807, 2.05) is 30.3 Å². The quantitative estimate of drug-likeness (QED) is 0.573. The minimum atomic E-state index is -0.657. The van der Waals surface area contributed by atoms with E-state index in [-0.39, 0.29) is 12.5 Å². The molecule has 1 saturated heterocycles. The van der Waals surface area contributed by atoms with Crippen LogP contribution in [-0.4, -0.2) is 35.7 Å². The summed E-state index contributed by atoms with van der Waals surface area (Å²) in [4.78, 5) is 29.8. The first-order chi connectivity index (χ1) is 14.9. The van der Waals surface area contributed by atoms with Gasteiger partial charge in [-0.2, -0.15) is 0 Å². The number of nitrogens with zero attached hydrogens (tertiary/aromatic N) is 2. The molecule has 0 saturated carbocycles. The zero-order valence-corrected chi connectivity index (χ0v) is 18.2. The molecule has 1 aliphatic rings. The Morgan fingerprint density at radius 2 is 2.06 bits per heavy atom. The van der Waals surface area contributed by atoms with Crippen LogP contribution in [0.3, 0.4) is 0 Å². The van der Waals surface area contributed by atoms with E-state index in [1.54, 1.807) is 18.5 Å². The van der Waals surface area contributed by atoms with Gasteiger partial charge < -0.3 is 10.1 Å². The fourth-order valence-corrected chi connectivity index (χ4v) is 4.17. The molecule has 2 atom stereocenters. The van der Waals surface area contributed by atoms with Crippen LogP contribution >= 0.6 is 15.9 Å². The highest BCUT2D eigenvalue weighted by Crippen LogP contribution is 2.34. The van der Waals surface area contributed by atoms with Crippen molar-refractivity contribution in [2.75, 3.05) is 11.4 Å². The number of nitrogens with one attached hydrogen (secondary N) is 1. The third-order valence-corrected chi connectivity index (χ3v) is 5.70. The predicted octanol–water partition coefficient (Wildman–Crippen LogP) is 4.64. The number of hydrogen-bond donors (Lipinski definition) is 1. The molecule has 0 aliphatic carbocycles. The Balaban J connectivity index is 1.77. The number of halogens is 2. The Labute approximate surface area is 186 Å². The van der Waals surface area contributed by atoms with Gasteiger partial charge >= 0.3 is 6.09 Å². The Hall–Kier alpha value is -3.26. The van der Waals surface area contributed by atoms with Crippen molar-refractivity contribution in [2.45, 2.75) is 19.1 Å². The molecular formula is C23H19BrFN3O3. The van der Waals surface area contributed by atoms with Crippen LogP contribution in [0.1, 0.15) is 12.5 Å². The van der Waals surface area contributed by atoms with Crippen molar-refractivity contribution in [1.82, 2.24) is 10.3 Å². The summed E-state index contributed by atoms with van der Waals surface area (Å²) in [6.07, 6.45) is 4.07. The topological polar surface area (TPSA) is 71.5 Å². The van der Waals surface area contributed by atoms with Crippen molar-refractivity contribution in [2.24, 2.45) is 0 Å². The molecule has 4 rings (SSSR count). The molecule has 1 N–H and O–H groups in total. The number of fused-ring (bicyclic) bond motifs is 1. The van der Waals surface area contributed by atoms with Crippen LogP contribution in [0.5, 0.6) is 0 Å². The molecule has 2 amide bonds. The van der Waals surface area contributed by atoms with Gasteiger partial charge in [-0.1, -0.05) is 46.3 Å². The van der Waals surface area contributed by atoms with Gasteiger partial charge in [-0.3, -0.25) is 14.7 Å². The van der Waals surface area contributed by atoms with Crippen molar-refractivity contribution in [1.29, 1.82) is 0 Å².